The lowest BCUT2D eigenvalue weighted by atomic mass is 10.1. The van der Waals surface area contributed by atoms with Crippen LogP contribution in [0.25, 0.3) is 17.5 Å². The van der Waals surface area contributed by atoms with E-state index in [1.165, 1.54) is 0 Å². The molecule has 0 N–H and O–H groups in total. The monoisotopic (exact) mass is 409 g/mol. The van der Waals surface area contributed by atoms with Gasteiger partial charge in [0, 0.05) is 35.7 Å². The summed E-state index contributed by atoms with van der Waals surface area (Å²) in [5.41, 5.74) is 1.83. The van der Waals surface area contributed by atoms with Gasteiger partial charge in [0.1, 0.15) is 0 Å². The summed E-state index contributed by atoms with van der Waals surface area (Å²) >= 11 is 5.92. The molecule has 1 amide bonds. The smallest absolute Gasteiger partial charge is 0.246 e. The van der Waals surface area contributed by atoms with Crippen LogP contribution in [-0.2, 0) is 11.2 Å². The van der Waals surface area contributed by atoms with Crippen LogP contribution in [0.15, 0.2) is 65.2 Å². The second-order valence-electron chi connectivity index (χ2n) is 6.80. The topological polar surface area (TPSA) is 59.2 Å². The van der Waals surface area contributed by atoms with E-state index in [9.17, 15) is 4.79 Å². The predicted octanol–water partition coefficient (Wildman–Crippen LogP) is 5.27. The SMILES string of the molecule is CCC(C)N(CCc1nc(-c2ccc(Cl)cc2)no1)C(=O)C=Cc1ccccc1. The van der Waals surface area contributed by atoms with E-state index in [0.717, 1.165) is 17.5 Å². The molecule has 0 bridgehead atoms. The molecule has 2 aromatic carbocycles. The van der Waals surface area contributed by atoms with E-state index in [2.05, 4.69) is 17.1 Å². The molecule has 0 saturated carbocycles. The third kappa shape index (κ3) is 5.78. The number of aromatic nitrogens is 2. The number of benzene rings is 2. The number of hydrogen-bond acceptors (Lipinski definition) is 4. The van der Waals surface area contributed by atoms with Gasteiger partial charge in [0.15, 0.2) is 0 Å². The van der Waals surface area contributed by atoms with Gasteiger partial charge in [-0.25, -0.2) is 0 Å². The summed E-state index contributed by atoms with van der Waals surface area (Å²) < 4.78 is 5.37. The van der Waals surface area contributed by atoms with E-state index >= 15 is 0 Å². The number of hydrogen-bond donors (Lipinski definition) is 0. The lowest BCUT2D eigenvalue weighted by molar-refractivity contribution is -0.128. The first-order valence-corrected chi connectivity index (χ1v) is 10.1. The van der Waals surface area contributed by atoms with Gasteiger partial charge in [-0.1, -0.05) is 54.0 Å². The fourth-order valence-corrected chi connectivity index (χ4v) is 3.01. The van der Waals surface area contributed by atoms with Gasteiger partial charge < -0.3 is 9.42 Å². The van der Waals surface area contributed by atoms with Gasteiger partial charge in [-0.3, -0.25) is 4.79 Å². The quantitative estimate of drug-likeness (QED) is 0.475. The fraction of sp³-hybridized carbons (Fsp3) is 0.261. The summed E-state index contributed by atoms with van der Waals surface area (Å²) in [6.07, 6.45) is 4.82. The van der Waals surface area contributed by atoms with Crippen LogP contribution in [-0.4, -0.2) is 33.5 Å². The van der Waals surface area contributed by atoms with Crippen molar-refractivity contribution in [3.05, 3.63) is 77.2 Å². The molecule has 29 heavy (non-hydrogen) atoms. The number of rotatable bonds is 8. The van der Waals surface area contributed by atoms with Crippen LogP contribution >= 0.6 is 11.6 Å². The van der Waals surface area contributed by atoms with Crippen molar-refractivity contribution >= 4 is 23.6 Å². The van der Waals surface area contributed by atoms with Crippen molar-refractivity contribution in [2.45, 2.75) is 32.7 Å². The molecule has 6 heteroatoms. The van der Waals surface area contributed by atoms with Crippen molar-refractivity contribution in [3.8, 4) is 11.4 Å². The summed E-state index contributed by atoms with van der Waals surface area (Å²) in [6, 6.07) is 17.2. The maximum atomic E-state index is 12.8. The molecule has 0 fully saturated rings. The third-order valence-corrected chi connectivity index (χ3v) is 5.01. The Bertz CT molecular complexity index is 952. The van der Waals surface area contributed by atoms with Crippen LogP contribution in [0.5, 0.6) is 0 Å². The molecule has 1 atom stereocenters. The minimum Gasteiger partial charge on any atom is -0.339 e. The normalized spacial score (nSPS) is 12.2. The molecule has 1 heterocycles. The molecule has 0 aliphatic heterocycles. The molecule has 1 unspecified atom stereocenters. The van der Waals surface area contributed by atoms with Crippen LogP contribution in [0, 0.1) is 0 Å². The fourth-order valence-electron chi connectivity index (χ4n) is 2.88. The van der Waals surface area contributed by atoms with Crippen molar-refractivity contribution in [2.24, 2.45) is 0 Å². The molecule has 3 rings (SSSR count). The molecule has 0 aliphatic rings. The number of halogens is 1. The van der Waals surface area contributed by atoms with E-state index in [1.54, 1.807) is 18.2 Å². The second kappa shape index (κ2) is 10.0. The Morgan fingerprint density at radius 2 is 1.90 bits per heavy atom. The Labute approximate surface area is 176 Å². The van der Waals surface area contributed by atoms with E-state index < -0.39 is 0 Å². The Morgan fingerprint density at radius 1 is 1.17 bits per heavy atom. The molecule has 150 valence electrons. The van der Waals surface area contributed by atoms with Gasteiger partial charge in [-0.2, -0.15) is 4.98 Å². The van der Waals surface area contributed by atoms with Gasteiger partial charge in [-0.15, -0.1) is 0 Å². The highest BCUT2D eigenvalue weighted by atomic mass is 35.5. The average Bonchev–Trinajstić information content (AvgIpc) is 3.22. The molecular formula is C23H24ClN3O2. The molecular weight excluding hydrogens is 386 g/mol. The first kappa shape index (κ1) is 20.8. The van der Waals surface area contributed by atoms with E-state index in [0.29, 0.717) is 29.7 Å². The van der Waals surface area contributed by atoms with Crippen molar-refractivity contribution in [2.75, 3.05) is 6.54 Å². The summed E-state index contributed by atoms with van der Waals surface area (Å²) in [7, 11) is 0. The number of carbonyl (C=O) groups excluding carboxylic acids is 1. The predicted molar refractivity (Wildman–Crippen MR) is 115 cm³/mol. The van der Waals surface area contributed by atoms with Crippen LogP contribution in [0.2, 0.25) is 5.02 Å². The first-order valence-electron chi connectivity index (χ1n) is 9.69. The lowest BCUT2D eigenvalue weighted by Crippen LogP contribution is -2.38. The maximum Gasteiger partial charge on any atom is 0.246 e. The largest absolute Gasteiger partial charge is 0.339 e. The van der Waals surface area contributed by atoms with Crippen LogP contribution in [0.4, 0.5) is 0 Å². The minimum atomic E-state index is -0.0272. The lowest BCUT2D eigenvalue weighted by Gasteiger charge is -2.27. The zero-order valence-electron chi connectivity index (χ0n) is 16.6. The molecule has 3 aromatic rings. The Kier molecular flexibility index (Phi) is 7.19. The number of amides is 1. The highest BCUT2D eigenvalue weighted by Gasteiger charge is 2.18. The third-order valence-electron chi connectivity index (χ3n) is 4.76. The standard InChI is InChI=1S/C23H24ClN3O2/c1-3-17(2)27(22(28)14-9-18-7-5-4-6-8-18)16-15-21-25-23(26-29-21)19-10-12-20(24)13-11-19/h4-14,17H,3,15-16H2,1-2H3. The minimum absolute atomic E-state index is 0.0272. The molecule has 0 spiro atoms. The van der Waals surface area contributed by atoms with Gasteiger partial charge in [-0.05, 0) is 49.2 Å². The highest BCUT2D eigenvalue weighted by Crippen LogP contribution is 2.19. The zero-order valence-corrected chi connectivity index (χ0v) is 17.3. The van der Waals surface area contributed by atoms with Crippen LogP contribution in [0.1, 0.15) is 31.7 Å². The van der Waals surface area contributed by atoms with Crippen LogP contribution < -0.4 is 0 Å². The van der Waals surface area contributed by atoms with E-state index in [4.69, 9.17) is 16.1 Å². The molecule has 0 saturated heterocycles. The molecule has 0 aliphatic carbocycles. The van der Waals surface area contributed by atoms with Crippen LogP contribution in [0.3, 0.4) is 0 Å². The Balaban J connectivity index is 1.65. The summed E-state index contributed by atoms with van der Waals surface area (Å²) in [4.78, 5) is 19.0. The Morgan fingerprint density at radius 3 is 2.59 bits per heavy atom. The summed E-state index contributed by atoms with van der Waals surface area (Å²) in [6.45, 7) is 4.62. The number of nitrogens with zero attached hydrogens (tertiary/aromatic N) is 3. The van der Waals surface area contributed by atoms with E-state index in [-0.39, 0.29) is 11.9 Å². The van der Waals surface area contributed by atoms with Gasteiger partial charge in [0.25, 0.3) is 0 Å². The van der Waals surface area contributed by atoms with Crippen molar-refractivity contribution in [1.29, 1.82) is 0 Å². The van der Waals surface area contributed by atoms with Crippen molar-refractivity contribution in [1.82, 2.24) is 15.0 Å². The Hall–Kier alpha value is -2.92. The molecule has 1 aromatic heterocycles. The first-order chi connectivity index (χ1) is 14.1. The van der Waals surface area contributed by atoms with Crippen molar-refractivity contribution in [3.63, 3.8) is 0 Å². The van der Waals surface area contributed by atoms with Crippen molar-refractivity contribution < 1.29 is 9.32 Å². The van der Waals surface area contributed by atoms with Gasteiger partial charge in [0.05, 0.1) is 0 Å². The number of carbonyl (C=O) groups is 1. The molecule has 5 nitrogen and oxygen atoms in total. The van der Waals surface area contributed by atoms with Gasteiger partial charge >= 0.3 is 0 Å². The zero-order chi connectivity index (χ0) is 20.6. The maximum absolute atomic E-state index is 12.8. The second-order valence-corrected chi connectivity index (χ2v) is 7.24. The summed E-state index contributed by atoms with van der Waals surface area (Å²) in [5, 5.41) is 4.69. The van der Waals surface area contributed by atoms with E-state index in [1.807, 2.05) is 60.4 Å². The summed E-state index contributed by atoms with van der Waals surface area (Å²) in [5.74, 6) is 0.991. The molecule has 0 radical (unpaired) electrons. The average molecular weight is 410 g/mol. The van der Waals surface area contributed by atoms with Gasteiger partial charge in [0.2, 0.25) is 17.6 Å². The highest BCUT2D eigenvalue weighted by molar-refractivity contribution is 6.30.